The van der Waals surface area contributed by atoms with E-state index in [2.05, 4.69) is 10.2 Å². The van der Waals surface area contributed by atoms with E-state index < -0.39 is 18.0 Å². The SMILES string of the molecule is CN(CC1(N(C)C)CCC1)C(=O)NC(CCO)C(=O)O. The molecule has 0 aliphatic heterocycles. The van der Waals surface area contributed by atoms with Crippen LogP contribution < -0.4 is 5.32 Å². The molecule has 7 nitrogen and oxygen atoms in total. The Kier molecular flexibility index (Phi) is 5.76. The van der Waals surface area contributed by atoms with Crippen LogP contribution in [0.3, 0.4) is 0 Å². The third-order valence-electron chi connectivity index (χ3n) is 4.12. The van der Waals surface area contributed by atoms with Gasteiger partial charge < -0.3 is 25.3 Å². The molecule has 20 heavy (non-hydrogen) atoms. The molecule has 1 fully saturated rings. The van der Waals surface area contributed by atoms with Crippen LogP contribution in [-0.4, -0.2) is 77.9 Å². The fraction of sp³-hybridized carbons (Fsp3) is 0.846. The smallest absolute Gasteiger partial charge is 0.326 e. The fourth-order valence-corrected chi connectivity index (χ4v) is 2.49. The van der Waals surface area contributed by atoms with Gasteiger partial charge >= 0.3 is 12.0 Å². The van der Waals surface area contributed by atoms with E-state index >= 15 is 0 Å². The van der Waals surface area contributed by atoms with Crippen LogP contribution in [0.15, 0.2) is 0 Å². The number of carboxylic acid groups (broad SMARTS) is 1. The van der Waals surface area contributed by atoms with Crippen LogP contribution in [0.5, 0.6) is 0 Å². The van der Waals surface area contributed by atoms with Crippen LogP contribution in [0.1, 0.15) is 25.7 Å². The minimum absolute atomic E-state index is 0.00177. The van der Waals surface area contributed by atoms with Gasteiger partial charge in [-0.2, -0.15) is 0 Å². The molecule has 0 aromatic rings. The van der Waals surface area contributed by atoms with Crippen molar-refractivity contribution in [1.82, 2.24) is 15.1 Å². The Morgan fingerprint density at radius 2 is 1.90 bits per heavy atom. The second-order valence-corrected chi connectivity index (χ2v) is 5.68. The van der Waals surface area contributed by atoms with Crippen molar-refractivity contribution in [1.29, 1.82) is 0 Å². The zero-order valence-corrected chi connectivity index (χ0v) is 12.4. The highest BCUT2D eigenvalue weighted by Gasteiger charge is 2.40. The number of rotatable bonds is 7. The number of urea groups is 1. The highest BCUT2D eigenvalue weighted by Crippen LogP contribution is 2.36. The van der Waals surface area contributed by atoms with E-state index in [1.165, 1.54) is 4.90 Å². The van der Waals surface area contributed by atoms with Crippen molar-refractivity contribution in [2.75, 3.05) is 34.3 Å². The number of hydrogen-bond donors (Lipinski definition) is 3. The molecule has 0 heterocycles. The molecule has 0 aromatic carbocycles. The van der Waals surface area contributed by atoms with Crippen LogP contribution >= 0.6 is 0 Å². The molecule has 1 rings (SSSR count). The van der Waals surface area contributed by atoms with Crippen molar-refractivity contribution in [3.63, 3.8) is 0 Å². The number of nitrogens with one attached hydrogen (secondary N) is 1. The maximum Gasteiger partial charge on any atom is 0.326 e. The van der Waals surface area contributed by atoms with Crippen molar-refractivity contribution < 1.29 is 19.8 Å². The van der Waals surface area contributed by atoms with Gasteiger partial charge in [-0.05, 0) is 33.4 Å². The molecule has 3 N–H and O–H groups in total. The van der Waals surface area contributed by atoms with E-state index in [0.29, 0.717) is 6.54 Å². The monoisotopic (exact) mass is 287 g/mol. The summed E-state index contributed by atoms with van der Waals surface area (Å²) in [6, 6.07) is -1.47. The van der Waals surface area contributed by atoms with Gasteiger partial charge in [0, 0.05) is 32.2 Å². The van der Waals surface area contributed by atoms with Gasteiger partial charge in [0.2, 0.25) is 0 Å². The molecule has 1 saturated carbocycles. The molecule has 116 valence electrons. The van der Waals surface area contributed by atoms with E-state index in [1.807, 2.05) is 14.1 Å². The number of aliphatic carboxylic acids is 1. The molecule has 1 aliphatic carbocycles. The molecule has 1 unspecified atom stereocenters. The lowest BCUT2D eigenvalue weighted by Gasteiger charge is -2.49. The molecule has 0 bridgehead atoms. The summed E-state index contributed by atoms with van der Waals surface area (Å²) < 4.78 is 0. The molecule has 2 amide bonds. The zero-order chi connectivity index (χ0) is 15.3. The maximum absolute atomic E-state index is 12.0. The average molecular weight is 287 g/mol. The second kappa shape index (κ2) is 6.90. The number of carboxylic acids is 1. The molecule has 0 saturated heterocycles. The average Bonchev–Trinajstić information content (AvgIpc) is 2.31. The number of carbonyl (C=O) groups excluding carboxylic acids is 1. The molecular formula is C13H25N3O4. The predicted molar refractivity (Wildman–Crippen MR) is 74.6 cm³/mol. The van der Waals surface area contributed by atoms with Gasteiger partial charge in [-0.1, -0.05) is 0 Å². The zero-order valence-electron chi connectivity index (χ0n) is 12.4. The minimum atomic E-state index is -1.13. The van der Waals surface area contributed by atoms with E-state index in [-0.39, 0.29) is 18.6 Å². The lowest BCUT2D eigenvalue weighted by atomic mass is 9.75. The minimum Gasteiger partial charge on any atom is -0.480 e. The summed E-state index contributed by atoms with van der Waals surface area (Å²) in [4.78, 5) is 26.6. The summed E-state index contributed by atoms with van der Waals surface area (Å²) in [7, 11) is 5.66. The molecule has 1 aliphatic rings. The summed E-state index contributed by atoms with van der Waals surface area (Å²) in [6.45, 7) is 0.292. The molecule has 1 atom stereocenters. The van der Waals surface area contributed by atoms with E-state index in [4.69, 9.17) is 10.2 Å². The highest BCUT2D eigenvalue weighted by atomic mass is 16.4. The van der Waals surface area contributed by atoms with Gasteiger partial charge in [-0.25, -0.2) is 9.59 Å². The van der Waals surface area contributed by atoms with Crippen molar-refractivity contribution >= 4 is 12.0 Å². The first-order chi connectivity index (χ1) is 9.32. The number of likely N-dealkylation sites (N-methyl/N-ethyl adjacent to an activating group) is 2. The van der Waals surface area contributed by atoms with Crippen molar-refractivity contribution in [2.24, 2.45) is 0 Å². The van der Waals surface area contributed by atoms with E-state index in [9.17, 15) is 9.59 Å². The number of amides is 2. The van der Waals surface area contributed by atoms with Gasteiger partial charge in [0.15, 0.2) is 0 Å². The summed E-state index contributed by atoms with van der Waals surface area (Å²) >= 11 is 0. The predicted octanol–water partition coefficient (Wildman–Crippen LogP) is -0.0523. The highest BCUT2D eigenvalue weighted by molar-refractivity contribution is 5.82. The van der Waals surface area contributed by atoms with Crippen LogP contribution in [-0.2, 0) is 4.79 Å². The molecule has 0 aromatic heterocycles. The number of hydrogen-bond acceptors (Lipinski definition) is 4. The Balaban J connectivity index is 2.56. The van der Waals surface area contributed by atoms with Crippen molar-refractivity contribution in [3.8, 4) is 0 Å². The summed E-state index contributed by atoms with van der Waals surface area (Å²) in [5.41, 5.74) is 0.00177. The Hall–Kier alpha value is -1.34. The largest absolute Gasteiger partial charge is 0.480 e. The van der Waals surface area contributed by atoms with Crippen LogP contribution in [0.25, 0.3) is 0 Å². The lowest BCUT2D eigenvalue weighted by Crippen LogP contribution is -2.59. The van der Waals surface area contributed by atoms with E-state index in [0.717, 1.165) is 19.3 Å². The standard InChI is InChI=1S/C13H25N3O4/c1-15(2)13(6-4-7-13)9-16(3)12(20)14-10(5-8-17)11(18)19/h10,17H,4-9H2,1-3H3,(H,14,20)(H,18,19). The Labute approximate surface area is 119 Å². The number of aliphatic hydroxyl groups excluding tert-OH is 1. The topological polar surface area (TPSA) is 93.1 Å². The Morgan fingerprint density at radius 1 is 1.30 bits per heavy atom. The van der Waals surface area contributed by atoms with E-state index in [1.54, 1.807) is 7.05 Å². The molecule has 0 radical (unpaired) electrons. The molecular weight excluding hydrogens is 262 g/mol. The van der Waals surface area contributed by atoms with Crippen LogP contribution in [0.4, 0.5) is 4.79 Å². The van der Waals surface area contributed by atoms with Gasteiger partial charge in [0.25, 0.3) is 0 Å². The van der Waals surface area contributed by atoms with Crippen molar-refractivity contribution in [2.45, 2.75) is 37.3 Å². The van der Waals surface area contributed by atoms with Crippen LogP contribution in [0.2, 0.25) is 0 Å². The Bertz CT molecular complexity index is 356. The summed E-state index contributed by atoms with van der Waals surface area (Å²) in [6.07, 6.45) is 3.23. The van der Waals surface area contributed by atoms with Gasteiger partial charge in [0.1, 0.15) is 6.04 Å². The third-order valence-corrected chi connectivity index (χ3v) is 4.12. The first-order valence-corrected chi connectivity index (χ1v) is 6.85. The van der Waals surface area contributed by atoms with Gasteiger partial charge in [-0.15, -0.1) is 0 Å². The fourth-order valence-electron chi connectivity index (χ4n) is 2.49. The number of nitrogens with zero attached hydrogens (tertiary/aromatic N) is 2. The molecule has 7 heteroatoms. The Morgan fingerprint density at radius 3 is 2.25 bits per heavy atom. The second-order valence-electron chi connectivity index (χ2n) is 5.68. The van der Waals surface area contributed by atoms with Gasteiger partial charge in [0.05, 0.1) is 0 Å². The number of aliphatic hydroxyl groups is 1. The molecule has 0 spiro atoms. The lowest BCUT2D eigenvalue weighted by molar-refractivity contribution is -0.139. The normalized spacial score (nSPS) is 18.2. The van der Waals surface area contributed by atoms with Crippen LogP contribution in [0, 0.1) is 0 Å². The van der Waals surface area contributed by atoms with Crippen molar-refractivity contribution in [3.05, 3.63) is 0 Å². The quantitative estimate of drug-likeness (QED) is 0.610. The first-order valence-electron chi connectivity index (χ1n) is 6.85. The summed E-state index contributed by atoms with van der Waals surface area (Å²) in [5, 5.41) is 20.2. The first kappa shape index (κ1) is 16.7. The number of carbonyl (C=O) groups is 2. The summed E-state index contributed by atoms with van der Waals surface area (Å²) in [5.74, 6) is -1.13. The maximum atomic E-state index is 12.0. The van der Waals surface area contributed by atoms with Gasteiger partial charge in [-0.3, -0.25) is 0 Å². The third kappa shape index (κ3) is 3.83.